The van der Waals surface area contributed by atoms with Gasteiger partial charge in [-0.05, 0) is 80.3 Å². The predicted molar refractivity (Wildman–Crippen MR) is 163 cm³/mol. The van der Waals surface area contributed by atoms with Crippen LogP contribution in [0.3, 0.4) is 0 Å². The second-order valence-corrected chi connectivity index (χ2v) is 13.9. The lowest BCUT2D eigenvalue weighted by Gasteiger charge is -2.37. The van der Waals surface area contributed by atoms with E-state index < -0.39 is 27.4 Å². The number of methoxy groups -OCH3 is 1. The third-order valence-electron chi connectivity index (χ3n) is 7.92. The van der Waals surface area contributed by atoms with Gasteiger partial charge in [-0.25, -0.2) is 17.2 Å². The van der Waals surface area contributed by atoms with Gasteiger partial charge < -0.3 is 15.0 Å². The number of carbonyl (C=O) groups excluding carboxylic acids is 1. The van der Waals surface area contributed by atoms with Crippen LogP contribution in [0, 0.1) is 11.6 Å². The monoisotopic (exact) mass is 632 g/mol. The fraction of sp³-hybridized carbons (Fsp3) is 0.323. The van der Waals surface area contributed by atoms with Gasteiger partial charge in [0.15, 0.2) is 9.84 Å². The summed E-state index contributed by atoms with van der Waals surface area (Å²) in [4.78, 5) is 16.3. The minimum Gasteiger partial charge on any atom is -0.496 e. The molecule has 1 aromatic heterocycles. The van der Waals surface area contributed by atoms with E-state index in [1.54, 1.807) is 36.3 Å². The number of fused-ring (bicyclic) bond motifs is 1. The molecule has 0 saturated heterocycles. The number of ether oxygens (including phenoxy) is 1. The average molecular weight is 633 g/mol. The summed E-state index contributed by atoms with van der Waals surface area (Å²) in [5.41, 5.74) is 2.36. The van der Waals surface area contributed by atoms with Crippen molar-refractivity contribution in [3.8, 4) is 16.9 Å². The maximum atomic E-state index is 14.7. The maximum absolute atomic E-state index is 14.7. The Kier molecular flexibility index (Phi) is 8.89. The third kappa shape index (κ3) is 6.04. The van der Waals surface area contributed by atoms with Crippen LogP contribution in [0.15, 0.2) is 59.5 Å². The van der Waals surface area contributed by atoms with E-state index in [-0.39, 0.29) is 37.5 Å². The van der Waals surface area contributed by atoms with Crippen LogP contribution in [0.2, 0.25) is 5.02 Å². The van der Waals surface area contributed by atoms with E-state index in [1.165, 1.54) is 0 Å². The predicted octanol–water partition coefficient (Wildman–Crippen LogP) is 7.09. The van der Waals surface area contributed by atoms with Crippen LogP contribution in [-0.2, 0) is 16.4 Å². The summed E-state index contributed by atoms with van der Waals surface area (Å²) in [7, 11) is 0.142. The molecular formula is C31H31ClF2N2O4S2. The molecule has 1 N–H and O–H groups in total. The molecule has 6 nitrogen and oxygen atoms in total. The zero-order chi connectivity index (χ0) is 30.2. The Morgan fingerprint density at radius 1 is 1.02 bits per heavy atom. The molecule has 1 heterocycles. The van der Waals surface area contributed by atoms with Crippen molar-refractivity contribution in [3.05, 3.63) is 81.7 Å². The molecule has 42 heavy (non-hydrogen) atoms. The first-order valence-corrected chi connectivity index (χ1v) is 16.6. The fourth-order valence-corrected chi connectivity index (χ4v) is 7.70. The minimum atomic E-state index is -3.34. The number of nitrogens with zero attached hydrogens (tertiary/aromatic N) is 1. The Morgan fingerprint density at radius 3 is 2.26 bits per heavy atom. The molecule has 1 saturated carbocycles. The highest BCUT2D eigenvalue weighted by Gasteiger charge is 2.33. The molecule has 0 bridgehead atoms. The van der Waals surface area contributed by atoms with Crippen LogP contribution < -0.4 is 10.1 Å². The smallest absolute Gasteiger partial charge is 0.266 e. The Balaban J connectivity index is 1.55. The summed E-state index contributed by atoms with van der Waals surface area (Å²) in [6, 6.07) is 14.5. The molecule has 0 aliphatic heterocycles. The number of nitrogens with one attached hydrogen (secondary N) is 1. The highest BCUT2D eigenvalue weighted by Crippen LogP contribution is 2.40. The van der Waals surface area contributed by atoms with Crippen molar-refractivity contribution in [1.29, 1.82) is 0 Å². The SMILES string of the molecule is CN[C@H]1CC[C@H](N(Cc2cc(-c3ccc(S(C)(=O)=O)cc3)ccc2OC)C(=O)c2sc3c(F)ccc(F)c3c2Cl)CC1. The Hall–Kier alpha value is -3.05. The number of amides is 1. The molecule has 222 valence electrons. The van der Waals surface area contributed by atoms with E-state index in [9.17, 15) is 22.0 Å². The van der Waals surface area contributed by atoms with Gasteiger partial charge >= 0.3 is 0 Å². The molecule has 0 radical (unpaired) electrons. The van der Waals surface area contributed by atoms with E-state index in [2.05, 4.69) is 5.32 Å². The van der Waals surface area contributed by atoms with E-state index in [0.717, 1.165) is 72.1 Å². The van der Waals surface area contributed by atoms with Crippen LogP contribution >= 0.6 is 22.9 Å². The molecule has 0 unspecified atom stereocenters. The molecule has 5 rings (SSSR count). The molecule has 11 heteroatoms. The lowest BCUT2D eigenvalue weighted by atomic mass is 9.89. The zero-order valence-electron chi connectivity index (χ0n) is 23.4. The van der Waals surface area contributed by atoms with Crippen LogP contribution in [0.4, 0.5) is 8.78 Å². The van der Waals surface area contributed by atoms with Gasteiger partial charge in [-0.3, -0.25) is 4.79 Å². The van der Waals surface area contributed by atoms with Crippen molar-refractivity contribution in [2.75, 3.05) is 20.4 Å². The highest BCUT2D eigenvalue weighted by molar-refractivity contribution is 7.90. The third-order valence-corrected chi connectivity index (χ3v) is 10.7. The van der Waals surface area contributed by atoms with Gasteiger partial charge in [0, 0.05) is 30.4 Å². The molecule has 0 atom stereocenters. The first kappa shape index (κ1) is 30.4. The Labute approximate surface area is 253 Å². The summed E-state index contributed by atoms with van der Waals surface area (Å²) >= 11 is 7.41. The van der Waals surface area contributed by atoms with E-state index in [4.69, 9.17) is 16.3 Å². The van der Waals surface area contributed by atoms with Gasteiger partial charge in [0.1, 0.15) is 22.3 Å². The lowest BCUT2D eigenvalue weighted by molar-refractivity contribution is 0.0604. The zero-order valence-corrected chi connectivity index (χ0v) is 25.8. The largest absolute Gasteiger partial charge is 0.496 e. The highest BCUT2D eigenvalue weighted by atomic mass is 35.5. The van der Waals surface area contributed by atoms with Crippen LogP contribution in [-0.4, -0.2) is 51.7 Å². The molecule has 3 aromatic carbocycles. The molecule has 1 aliphatic carbocycles. The van der Waals surface area contributed by atoms with Crippen molar-refractivity contribution in [1.82, 2.24) is 10.2 Å². The van der Waals surface area contributed by atoms with Gasteiger partial charge in [0.25, 0.3) is 5.91 Å². The number of halogens is 3. The summed E-state index contributed by atoms with van der Waals surface area (Å²) in [6.45, 7) is 0.182. The van der Waals surface area contributed by atoms with Crippen molar-refractivity contribution in [3.63, 3.8) is 0 Å². The van der Waals surface area contributed by atoms with Gasteiger partial charge in [-0.15, -0.1) is 11.3 Å². The van der Waals surface area contributed by atoms with Gasteiger partial charge in [0.05, 0.1) is 27.1 Å². The number of benzene rings is 3. The molecule has 4 aromatic rings. The number of thiophene rings is 1. The van der Waals surface area contributed by atoms with Crippen molar-refractivity contribution in [2.45, 2.75) is 49.2 Å². The minimum absolute atomic E-state index is 0.0132. The lowest BCUT2D eigenvalue weighted by Crippen LogP contribution is -2.44. The summed E-state index contributed by atoms with van der Waals surface area (Å²) in [5.74, 6) is -1.12. The van der Waals surface area contributed by atoms with Crippen LogP contribution in [0.25, 0.3) is 21.2 Å². The second kappa shape index (κ2) is 12.3. The van der Waals surface area contributed by atoms with Gasteiger partial charge in [-0.2, -0.15) is 0 Å². The molecule has 1 amide bonds. The van der Waals surface area contributed by atoms with Crippen molar-refractivity contribution < 1.29 is 26.7 Å². The standard InChI is InChI=1S/C31H31ClF2N2O4S2/c1-35-21-7-9-22(10-8-21)36(31(37)30-28(32)27-24(33)13-14-25(34)29(27)41-30)17-20-16-19(6-15-26(20)40-2)18-4-11-23(12-5-18)42(3,38)39/h4-6,11-16,21-22,35H,7-10,17H2,1-3H3/t21-,22-. The van der Waals surface area contributed by atoms with Crippen LogP contribution in [0.1, 0.15) is 40.9 Å². The normalized spacial score (nSPS) is 17.4. The molecule has 1 aliphatic rings. The number of sulfone groups is 1. The number of rotatable bonds is 8. The Bertz CT molecular complexity index is 1730. The average Bonchev–Trinajstić information content (AvgIpc) is 3.35. The number of hydrogen-bond acceptors (Lipinski definition) is 6. The van der Waals surface area contributed by atoms with Gasteiger partial charge in [0.2, 0.25) is 0 Å². The quantitative estimate of drug-likeness (QED) is 0.225. The van der Waals surface area contributed by atoms with Crippen molar-refractivity contribution in [2.24, 2.45) is 0 Å². The first-order valence-electron chi connectivity index (χ1n) is 13.5. The summed E-state index contributed by atoms with van der Waals surface area (Å²) in [5, 5.41) is 3.14. The number of carbonyl (C=O) groups is 1. The van der Waals surface area contributed by atoms with E-state index >= 15 is 0 Å². The first-order chi connectivity index (χ1) is 20.0. The Morgan fingerprint density at radius 2 is 1.67 bits per heavy atom. The van der Waals surface area contributed by atoms with Crippen LogP contribution in [0.5, 0.6) is 5.75 Å². The summed E-state index contributed by atoms with van der Waals surface area (Å²) in [6.07, 6.45) is 4.40. The maximum Gasteiger partial charge on any atom is 0.266 e. The van der Waals surface area contributed by atoms with E-state index in [0.29, 0.717) is 11.8 Å². The van der Waals surface area contributed by atoms with E-state index in [1.807, 2.05) is 25.2 Å². The van der Waals surface area contributed by atoms with Gasteiger partial charge in [-0.1, -0.05) is 29.8 Å². The molecule has 0 spiro atoms. The second-order valence-electron chi connectivity index (χ2n) is 10.5. The fourth-order valence-electron chi connectivity index (χ4n) is 5.57. The topological polar surface area (TPSA) is 75.7 Å². The number of hydrogen-bond donors (Lipinski definition) is 1. The molecule has 1 fully saturated rings. The summed E-state index contributed by atoms with van der Waals surface area (Å²) < 4.78 is 58.8. The van der Waals surface area contributed by atoms with Crippen molar-refractivity contribution >= 4 is 48.8 Å². The molecular weight excluding hydrogens is 602 g/mol.